The number of imide groups is 1. The van der Waals surface area contributed by atoms with Gasteiger partial charge < -0.3 is 19.5 Å². The number of sulfonamides is 1. The van der Waals surface area contributed by atoms with E-state index in [4.69, 9.17) is 14.2 Å². The molecule has 0 spiro atoms. The fourth-order valence-corrected chi connectivity index (χ4v) is 4.46. The Labute approximate surface area is 174 Å². The van der Waals surface area contributed by atoms with Crippen molar-refractivity contribution in [3.05, 3.63) is 23.8 Å². The van der Waals surface area contributed by atoms with Gasteiger partial charge in [0.1, 0.15) is 10.6 Å². The number of amides is 3. The van der Waals surface area contributed by atoms with E-state index in [2.05, 4.69) is 5.32 Å². The number of methoxy groups -OCH3 is 2. The summed E-state index contributed by atoms with van der Waals surface area (Å²) in [4.78, 5) is 35.3. The molecule has 0 atom stereocenters. The number of carbonyl (C=O) groups excluding carboxylic acids is 3. The molecule has 0 bridgehead atoms. The largest absolute Gasteiger partial charge is 0.495 e. The third-order valence-corrected chi connectivity index (χ3v) is 6.18. The molecule has 1 saturated heterocycles. The van der Waals surface area contributed by atoms with Gasteiger partial charge in [0, 0.05) is 26.7 Å². The summed E-state index contributed by atoms with van der Waals surface area (Å²) >= 11 is 0. The van der Waals surface area contributed by atoms with Crippen molar-refractivity contribution >= 4 is 27.9 Å². The standard InChI is InChI=1S/C18H25N3O8S/c1-27-10-7-19-18(24)20-16(22)12-29-17(23)13-5-6-14(28-2)15(11-13)30(25,26)21-8-3-4-9-21/h5-6,11H,3-4,7-10,12H2,1-2H3,(H2,19,20,22,24). The summed E-state index contributed by atoms with van der Waals surface area (Å²) in [5.41, 5.74) is -0.0640. The highest BCUT2D eigenvalue weighted by atomic mass is 32.2. The lowest BCUT2D eigenvalue weighted by Gasteiger charge is -2.18. The van der Waals surface area contributed by atoms with Gasteiger partial charge in [-0.1, -0.05) is 0 Å². The average Bonchev–Trinajstić information content (AvgIpc) is 3.27. The monoisotopic (exact) mass is 443 g/mol. The first-order valence-electron chi connectivity index (χ1n) is 9.21. The maximum atomic E-state index is 12.9. The normalized spacial score (nSPS) is 14.2. The van der Waals surface area contributed by atoms with Crippen LogP contribution in [0, 0.1) is 0 Å². The van der Waals surface area contributed by atoms with Gasteiger partial charge >= 0.3 is 12.0 Å². The van der Waals surface area contributed by atoms with Crippen LogP contribution in [0.2, 0.25) is 0 Å². The zero-order valence-electron chi connectivity index (χ0n) is 16.8. The minimum absolute atomic E-state index is 0.0640. The van der Waals surface area contributed by atoms with Crippen molar-refractivity contribution in [2.24, 2.45) is 0 Å². The Morgan fingerprint density at radius 3 is 2.47 bits per heavy atom. The van der Waals surface area contributed by atoms with Crippen molar-refractivity contribution < 1.29 is 37.0 Å². The topological polar surface area (TPSA) is 140 Å². The highest BCUT2D eigenvalue weighted by molar-refractivity contribution is 7.89. The summed E-state index contributed by atoms with van der Waals surface area (Å²) < 4.78 is 41.8. The number of nitrogens with zero attached hydrogens (tertiary/aromatic N) is 1. The molecule has 12 heteroatoms. The van der Waals surface area contributed by atoms with E-state index in [0.717, 1.165) is 18.9 Å². The Balaban J connectivity index is 2.02. The lowest BCUT2D eigenvalue weighted by Crippen LogP contribution is -2.42. The summed E-state index contributed by atoms with van der Waals surface area (Å²) in [5.74, 6) is -1.65. The second-order valence-electron chi connectivity index (χ2n) is 6.35. The number of benzene rings is 1. The van der Waals surface area contributed by atoms with Crippen molar-refractivity contribution in [1.82, 2.24) is 14.9 Å². The van der Waals surface area contributed by atoms with Gasteiger partial charge in [-0.15, -0.1) is 0 Å². The third kappa shape index (κ3) is 6.15. The van der Waals surface area contributed by atoms with Crippen LogP contribution >= 0.6 is 0 Å². The summed E-state index contributed by atoms with van der Waals surface area (Å²) in [6.07, 6.45) is 1.52. The minimum atomic E-state index is -3.84. The Hall–Kier alpha value is -2.70. The lowest BCUT2D eigenvalue weighted by molar-refractivity contribution is -0.123. The first-order chi connectivity index (χ1) is 14.3. The molecule has 166 valence electrons. The van der Waals surface area contributed by atoms with Crippen LogP contribution in [0.25, 0.3) is 0 Å². The zero-order valence-corrected chi connectivity index (χ0v) is 17.6. The molecule has 1 aromatic carbocycles. The number of hydrogen-bond acceptors (Lipinski definition) is 8. The van der Waals surface area contributed by atoms with Gasteiger partial charge in [-0.05, 0) is 31.0 Å². The molecule has 11 nitrogen and oxygen atoms in total. The predicted molar refractivity (Wildman–Crippen MR) is 105 cm³/mol. The van der Waals surface area contributed by atoms with Gasteiger partial charge in [-0.25, -0.2) is 18.0 Å². The number of urea groups is 1. The molecule has 0 unspecified atom stereocenters. The molecule has 1 aromatic rings. The van der Waals surface area contributed by atoms with E-state index < -0.39 is 34.5 Å². The average molecular weight is 443 g/mol. The predicted octanol–water partition coefficient (Wildman–Crippen LogP) is 0.109. The summed E-state index contributed by atoms with van der Waals surface area (Å²) in [7, 11) is -1.04. The third-order valence-electron chi connectivity index (χ3n) is 4.26. The maximum absolute atomic E-state index is 12.9. The Kier molecular flexibility index (Phi) is 8.57. The minimum Gasteiger partial charge on any atom is -0.495 e. The fraction of sp³-hybridized carbons (Fsp3) is 0.500. The maximum Gasteiger partial charge on any atom is 0.338 e. The van der Waals surface area contributed by atoms with E-state index in [0.29, 0.717) is 13.1 Å². The number of hydrogen-bond donors (Lipinski definition) is 2. The Bertz CT molecular complexity index is 881. The van der Waals surface area contributed by atoms with E-state index in [-0.39, 0.29) is 29.4 Å². The van der Waals surface area contributed by atoms with E-state index in [1.807, 2.05) is 5.32 Å². The summed E-state index contributed by atoms with van der Waals surface area (Å²) in [6, 6.07) is 3.09. The number of esters is 1. The number of nitrogens with one attached hydrogen (secondary N) is 2. The second kappa shape index (κ2) is 10.9. The summed E-state index contributed by atoms with van der Waals surface area (Å²) in [5, 5.41) is 4.37. The highest BCUT2D eigenvalue weighted by Gasteiger charge is 2.31. The van der Waals surface area contributed by atoms with Crippen molar-refractivity contribution in [2.75, 3.05) is 47.1 Å². The van der Waals surface area contributed by atoms with Crippen LogP contribution in [-0.2, 0) is 24.3 Å². The van der Waals surface area contributed by atoms with E-state index in [9.17, 15) is 22.8 Å². The molecular formula is C18H25N3O8S. The van der Waals surface area contributed by atoms with Crippen molar-refractivity contribution in [1.29, 1.82) is 0 Å². The van der Waals surface area contributed by atoms with Crippen LogP contribution in [0.15, 0.2) is 23.1 Å². The van der Waals surface area contributed by atoms with Gasteiger partial charge in [0.05, 0.1) is 19.3 Å². The van der Waals surface area contributed by atoms with Crippen molar-refractivity contribution in [3.63, 3.8) is 0 Å². The molecule has 1 heterocycles. The number of carbonyl (C=O) groups is 3. The molecular weight excluding hydrogens is 418 g/mol. The van der Waals surface area contributed by atoms with Crippen LogP contribution in [-0.4, -0.2) is 77.7 Å². The zero-order chi connectivity index (χ0) is 22.1. The van der Waals surface area contributed by atoms with Gasteiger partial charge in [-0.3, -0.25) is 10.1 Å². The van der Waals surface area contributed by atoms with E-state index >= 15 is 0 Å². The number of ether oxygens (including phenoxy) is 3. The van der Waals surface area contributed by atoms with Crippen molar-refractivity contribution in [3.8, 4) is 5.75 Å². The molecule has 1 fully saturated rings. The highest BCUT2D eigenvalue weighted by Crippen LogP contribution is 2.30. The molecule has 0 aliphatic carbocycles. The Morgan fingerprint density at radius 1 is 1.13 bits per heavy atom. The smallest absolute Gasteiger partial charge is 0.338 e. The SMILES string of the molecule is COCCNC(=O)NC(=O)COC(=O)c1ccc(OC)c(S(=O)(=O)N2CCCC2)c1. The van der Waals surface area contributed by atoms with Crippen LogP contribution in [0.1, 0.15) is 23.2 Å². The first-order valence-corrected chi connectivity index (χ1v) is 10.7. The molecule has 0 aromatic heterocycles. The molecule has 3 amide bonds. The van der Waals surface area contributed by atoms with Gasteiger partial charge in [0.2, 0.25) is 10.0 Å². The molecule has 0 saturated carbocycles. The van der Waals surface area contributed by atoms with Crippen LogP contribution in [0.5, 0.6) is 5.75 Å². The van der Waals surface area contributed by atoms with Crippen LogP contribution < -0.4 is 15.4 Å². The second-order valence-corrected chi connectivity index (χ2v) is 8.26. The quantitative estimate of drug-likeness (QED) is 0.405. The molecule has 1 aliphatic heterocycles. The van der Waals surface area contributed by atoms with Crippen LogP contribution in [0.3, 0.4) is 0 Å². The fourth-order valence-electron chi connectivity index (χ4n) is 2.76. The number of rotatable bonds is 9. The first kappa shape index (κ1) is 23.6. The molecule has 1 aliphatic rings. The Morgan fingerprint density at radius 2 is 1.83 bits per heavy atom. The van der Waals surface area contributed by atoms with Crippen molar-refractivity contribution in [2.45, 2.75) is 17.7 Å². The van der Waals surface area contributed by atoms with E-state index in [1.54, 1.807) is 0 Å². The summed E-state index contributed by atoms with van der Waals surface area (Å²) in [6.45, 7) is 0.558. The van der Waals surface area contributed by atoms with Gasteiger partial charge in [0.15, 0.2) is 6.61 Å². The van der Waals surface area contributed by atoms with Gasteiger partial charge in [0.25, 0.3) is 5.91 Å². The molecule has 2 N–H and O–H groups in total. The molecule has 2 rings (SSSR count). The van der Waals surface area contributed by atoms with Gasteiger partial charge in [-0.2, -0.15) is 4.31 Å². The molecule has 0 radical (unpaired) electrons. The lowest BCUT2D eigenvalue weighted by atomic mass is 10.2. The van der Waals surface area contributed by atoms with Crippen LogP contribution in [0.4, 0.5) is 4.79 Å². The van der Waals surface area contributed by atoms with E-state index in [1.165, 1.54) is 30.7 Å². The molecule has 30 heavy (non-hydrogen) atoms.